The zero-order valence-electron chi connectivity index (χ0n) is 21.8. The summed E-state index contributed by atoms with van der Waals surface area (Å²) in [4.78, 5) is 0. The van der Waals surface area contributed by atoms with E-state index in [0.717, 1.165) is 35.5 Å². The van der Waals surface area contributed by atoms with E-state index in [-0.39, 0.29) is 0 Å². The molecule has 174 valence electrons. The van der Waals surface area contributed by atoms with Gasteiger partial charge in [0.2, 0.25) is 0 Å². The van der Waals surface area contributed by atoms with Gasteiger partial charge in [-0.1, -0.05) is 89.3 Å². The lowest BCUT2D eigenvalue weighted by Crippen LogP contribution is -2.29. The molecule has 0 N–H and O–H groups in total. The van der Waals surface area contributed by atoms with Crippen LogP contribution in [-0.2, 0) is 0 Å². The number of hydrogen-bond acceptors (Lipinski definition) is 0. The van der Waals surface area contributed by atoms with Crippen LogP contribution in [0.25, 0.3) is 0 Å². The SMILES string of the molecule is CC1=CCC(C(C)[CH2][Al]([CH2]C(C)C2CC=C(C)CC2)[CH2]C(C)C2CC=C(C)CC2)CC1. The second-order valence-electron chi connectivity index (χ2n) is 12.3. The fourth-order valence-corrected chi connectivity index (χ4v) is 11.8. The standard InChI is InChI=1S/3C10H17.Al/c3*1-8(2)10-6-4-9(3)5-7-10;/h3*4,8,10H,1,5-7H2,2-3H3;. The summed E-state index contributed by atoms with van der Waals surface area (Å²) in [7, 11) is 0. The van der Waals surface area contributed by atoms with E-state index in [2.05, 4.69) is 59.8 Å². The van der Waals surface area contributed by atoms with Gasteiger partial charge in [-0.15, -0.1) is 0 Å². The number of rotatable bonds is 9. The Morgan fingerprint density at radius 2 is 0.903 bits per heavy atom. The van der Waals surface area contributed by atoms with Gasteiger partial charge in [-0.3, -0.25) is 0 Å². The molecule has 0 nitrogen and oxygen atoms in total. The summed E-state index contributed by atoms with van der Waals surface area (Å²) >= 11 is -0.729. The minimum absolute atomic E-state index is 0.729. The van der Waals surface area contributed by atoms with E-state index < -0.39 is 14.1 Å². The maximum Gasteiger partial charge on any atom is 0.262 e. The molecule has 31 heavy (non-hydrogen) atoms. The smallest absolute Gasteiger partial charge is 0.0910 e. The minimum atomic E-state index is -0.729. The first-order valence-electron chi connectivity index (χ1n) is 13.8. The van der Waals surface area contributed by atoms with Gasteiger partial charge in [0, 0.05) is 0 Å². The predicted octanol–water partition coefficient (Wildman–Crippen LogP) is 9.63. The lowest BCUT2D eigenvalue weighted by molar-refractivity contribution is 0.327. The summed E-state index contributed by atoms with van der Waals surface area (Å²) in [6, 6.07) is 0. The molecule has 1 heteroatoms. The van der Waals surface area contributed by atoms with E-state index in [9.17, 15) is 0 Å². The summed E-state index contributed by atoms with van der Waals surface area (Å²) in [5.74, 6) is 5.73. The maximum atomic E-state index is 2.62. The van der Waals surface area contributed by atoms with Crippen LogP contribution in [0, 0.1) is 35.5 Å². The van der Waals surface area contributed by atoms with Gasteiger partial charge in [-0.2, -0.15) is 0 Å². The molecule has 0 amide bonds. The summed E-state index contributed by atoms with van der Waals surface area (Å²) < 4.78 is 0. The van der Waals surface area contributed by atoms with Crippen LogP contribution < -0.4 is 0 Å². The van der Waals surface area contributed by atoms with Crippen LogP contribution in [-0.4, -0.2) is 14.1 Å². The molecule has 6 unspecified atom stereocenters. The minimum Gasteiger partial charge on any atom is -0.0910 e. The fraction of sp³-hybridized carbons (Fsp3) is 0.800. The van der Waals surface area contributed by atoms with E-state index >= 15 is 0 Å². The van der Waals surface area contributed by atoms with E-state index in [1.807, 2.05) is 0 Å². The Morgan fingerprint density at radius 3 is 1.13 bits per heavy atom. The topological polar surface area (TPSA) is 0 Å². The predicted molar refractivity (Wildman–Crippen MR) is 141 cm³/mol. The lowest BCUT2D eigenvalue weighted by Gasteiger charge is -2.34. The van der Waals surface area contributed by atoms with E-state index in [1.54, 1.807) is 32.6 Å². The second kappa shape index (κ2) is 12.3. The van der Waals surface area contributed by atoms with Crippen LogP contribution in [0.5, 0.6) is 0 Å². The third-order valence-electron chi connectivity index (χ3n) is 9.57. The molecular weight excluding hydrogens is 387 g/mol. The molecule has 6 atom stereocenters. The Labute approximate surface area is 199 Å². The van der Waals surface area contributed by atoms with Crippen LogP contribution >= 0.6 is 0 Å². The summed E-state index contributed by atoms with van der Waals surface area (Å²) in [5.41, 5.74) is 4.92. The summed E-state index contributed by atoms with van der Waals surface area (Å²) in [6.45, 7) is 14.9. The Balaban J connectivity index is 1.61. The van der Waals surface area contributed by atoms with Crippen molar-refractivity contribution in [3.8, 4) is 0 Å². The Morgan fingerprint density at radius 1 is 0.613 bits per heavy atom. The van der Waals surface area contributed by atoms with Gasteiger partial charge in [-0.05, 0) is 96.3 Å². The highest BCUT2D eigenvalue weighted by molar-refractivity contribution is 6.59. The largest absolute Gasteiger partial charge is 0.262 e. The Hall–Kier alpha value is -0.248. The van der Waals surface area contributed by atoms with Crippen molar-refractivity contribution in [1.82, 2.24) is 0 Å². The first kappa shape index (κ1) is 25.4. The van der Waals surface area contributed by atoms with Crippen molar-refractivity contribution >= 4 is 14.1 Å². The molecule has 0 radical (unpaired) electrons. The van der Waals surface area contributed by atoms with Gasteiger partial charge in [0.05, 0.1) is 0 Å². The molecule has 0 saturated carbocycles. The lowest BCUT2D eigenvalue weighted by atomic mass is 9.82. The van der Waals surface area contributed by atoms with Crippen LogP contribution in [0.3, 0.4) is 0 Å². The number of allylic oxidation sites excluding steroid dienone is 6. The first-order chi connectivity index (χ1) is 14.8. The fourth-order valence-electron chi connectivity index (χ4n) is 6.95. The molecule has 0 heterocycles. The van der Waals surface area contributed by atoms with Gasteiger partial charge in [0.1, 0.15) is 0 Å². The van der Waals surface area contributed by atoms with Crippen LogP contribution in [0.1, 0.15) is 99.3 Å². The highest BCUT2D eigenvalue weighted by Crippen LogP contribution is 2.39. The normalized spacial score (nSPS) is 30.0. The third kappa shape index (κ3) is 7.93. The summed E-state index contributed by atoms with van der Waals surface area (Å²) in [5, 5.41) is 4.82. The Kier molecular flexibility index (Phi) is 10.1. The second-order valence-corrected chi connectivity index (χ2v) is 15.4. The van der Waals surface area contributed by atoms with E-state index in [0.29, 0.717) is 0 Å². The van der Waals surface area contributed by atoms with Crippen molar-refractivity contribution in [3.05, 3.63) is 34.9 Å². The maximum absolute atomic E-state index is 2.62. The van der Waals surface area contributed by atoms with E-state index in [4.69, 9.17) is 0 Å². The van der Waals surface area contributed by atoms with E-state index in [1.165, 1.54) is 57.8 Å². The first-order valence-corrected chi connectivity index (χ1v) is 16.2. The molecule has 0 aromatic rings. The van der Waals surface area contributed by atoms with Crippen molar-refractivity contribution in [2.24, 2.45) is 35.5 Å². The van der Waals surface area contributed by atoms with Crippen molar-refractivity contribution in [2.75, 3.05) is 0 Å². The quantitative estimate of drug-likeness (QED) is 0.248. The van der Waals surface area contributed by atoms with Gasteiger partial charge in [-0.25, -0.2) is 0 Å². The molecule has 0 bridgehead atoms. The molecule has 0 aliphatic heterocycles. The van der Waals surface area contributed by atoms with Gasteiger partial charge in [0.15, 0.2) is 0 Å². The molecule has 0 saturated heterocycles. The number of hydrogen-bond donors (Lipinski definition) is 0. The third-order valence-corrected chi connectivity index (χ3v) is 13.8. The van der Waals surface area contributed by atoms with Gasteiger partial charge >= 0.3 is 0 Å². The van der Waals surface area contributed by atoms with Crippen molar-refractivity contribution in [2.45, 2.75) is 115 Å². The van der Waals surface area contributed by atoms with Crippen molar-refractivity contribution < 1.29 is 0 Å². The van der Waals surface area contributed by atoms with Crippen LogP contribution in [0.4, 0.5) is 0 Å². The average molecular weight is 439 g/mol. The molecular formula is C30H51Al. The summed E-state index contributed by atoms with van der Waals surface area (Å²) in [6.07, 6.45) is 20.2. The molecule has 3 aliphatic rings. The molecule has 3 aliphatic carbocycles. The average Bonchev–Trinajstić information content (AvgIpc) is 2.75. The zero-order valence-corrected chi connectivity index (χ0v) is 22.9. The van der Waals surface area contributed by atoms with Gasteiger partial charge in [0.25, 0.3) is 14.1 Å². The molecule has 0 aromatic heterocycles. The molecule has 0 spiro atoms. The van der Waals surface area contributed by atoms with Crippen LogP contribution in [0.15, 0.2) is 34.9 Å². The Bertz CT molecular complexity index is 563. The monoisotopic (exact) mass is 438 g/mol. The van der Waals surface area contributed by atoms with Crippen molar-refractivity contribution in [3.63, 3.8) is 0 Å². The zero-order chi connectivity index (χ0) is 22.4. The molecule has 0 fully saturated rings. The molecule has 3 rings (SSSR count). The van der Waals surface area contributed by atoms with Crippen LogP contribution in [0.2, 0.25) is 15.8 Å². The molecule has 0 aromatic carbocycles. The highest BCUT2D eigenvalue weighted by Gasteiger charge is 2.32. The highest BCUT2D eigenvalue weighted by atomic mass is 27.2. The van der Waals surface area contributed by atoms with Gasteiger partial charge < -0.3 is 0 Å². The van der Waals surface area contributed by atoms with Crippen molar-refractivity contribution in [1.29, 1.82) is 0 Å².